The minimum atomic E-state index is -0.477. The highest BCUT2D eigenvalue weighted by Crippen LogP contribution is 2.02. The van der Waals surface area contributed by atoms with Crippen LogP contribution in [0.2, 0.25) is 0 Å². The molecule has 0 fully saturated rings. The van der Waals surface area contributed by atoms with Crippen molar-refractivity contribution in [3.63, 3.8) is 0 Å². The summed E-state index contributed by atoms with van der Waals surface area (Å²) in [5.41, 5.74) is 5.65. The van der Waals surface area contributed by atoms with E-state index in [4.69, 9.17) is 5.73 Å². The molecule has 0 aromatic heterocycles. The van der Waals surface area contributed by atoms with Crippen molar-refractivity contribution in [1.82, 2.24) is 10.6 Å². The van der Waals surface area contributed by atoms with Gasteiger partial charge in [-0.15, -0.1) is 0 Å². The van der Waals surface area contributed by atoms with Crippen molar-refractivity contribution >= 4 is 11.8 Å². The smallest absolute Gasteiger partial charge is 0.236 e. The SMILES string of the molecule is CNC(=O)CCNC(=O)[C@@H](N)CC(C)C. The van der Waals surface area contributed by atoms with Crippen molar-refractivity contribution in [2.75, 3.05) is 13.6 Å². The van der Waals surface area contributed by atoms with Gasteiger partial charge in [-0.1, -0.05) is 13.8 Å². The van der Waals surface area contributed by atoms with Crippen molar-refractivity contribution < 1.29 is 9.59 Å². The Balaban J connectivity index is 3.69. The van der Waals surface area contributed by atoms with Gasteiger partial charge in [0.05, 0.1) is 6.04 Å². The van der Waals surface area contributed by atoms with E-state index in [0.29, 0.717) is 18.9 Å². The van der Waals surface area contributed by atoms with Crippen molar-refractivity contribution in [2.24, 2.45) is 11.7 Å². The molecule has 1 atom stereocenters. The summed E-state index contributed by atoms with van der Waals surface area (Å²) >= 11 is 0. The lowest BCUT2D eigenvalue weighted by Gasteiger charge is -2.13. The van der Waals surface area contributed by atoms with Crippen LogP contribution in [-0.4, -0.2) is 31.4 Å². The molecule has 0 aromatic rings. The molecule has 5 heteroatoms. The molecule has 0 aliphatic carbocycles. The third kappa shape index (κ3) is 6.90. The van der Waals surface area contributed by atoms with Crippen LogP contribution < -0.4 is 16.4 Å². The fraction of sp³-hybridized carbons (Fsp3) is 0.800. The van der Waals surface area contributed by atoms with E-state index in [-0.39, 0.29) is 18.2 Å². The zero-order chi connectivity index (χ0) is 11.8. The molecule has 15 heavy (non-hydrogen) atoms. The Morgan fingerprint density at radius 1 is 1.33 bits per heavy atom. The molecule has 4 N–H and O–H groups in total. The quantitative estimate of drug-likeness (QED) is 0.564. The van der Waals surface area contributed by atoms with Crippen LogP contribution in [0.1, 0.15) is 26.7 Å². The highest BCUT2D eigenvalue weighted by Gasteiger charge is 2.14. The largest absolute Gasteiger partial charge is 0.359 e. The highest BCUT2D eigenvalue weighted by molar-refractivity contribution is 5.82. The van der Waals surface area contributed by atoms with Crippen LogP contribution in [0.5, 0.6) is 0 Å². The molecule has 88 valence electrons. The molecule has 0 bridgehead atoms. The monoisotopic (exact) mass is 215 g/mol. The summed E-state index contributed by atoms with van der Waals surface area (Å²) in [6.07, 6.45) is 0.947. The number of rotatable bonds is 6. The Labute approximate surface area is 90.8 Å². The Morgan fingerprint density at radius 2 is 1.93 bits per heavy atom. The molecule has 0 saturated carbocycles. The van der Waals surface area contributed by atoms with Gasteiger partial charge < -0.3 is 16.4 Å². The maximum Gasteiger partial charge on any atom is 0.236 e. The predicted molar refractivity (Wildman–Crippen MR) is 59.1 cm³/mol. The molecule has 0 aliphatic heterocycles. The average molecular weight is 215 g/mol. The van der Waals surface area contributed by atoms with E-state index < -0.39 is 6.04 Å². The number of carbonyl (C=O) groups excluding carboxylic acids is 2. The molecule has 0 spiro atoms. The lowest BCUT2D eigenvalue weighted by molar-refractivity contribution is -0.123. The second kappa shape index (κ2) is 7.23. The number of hydrogen-bond acceptors (Lipinski definition) is 3. The minimum Gasteiger partial charge on any atom is -0.359 e. The molecule has 0 aliphatic rings. The van der Waals surface area contributed by atoms with Crippen LogP contribution >= 0.6 is 0 Å². The number of carbonyl (C=O) groups is 2. The van der Waals surface area contributed by atoms with Crippen LogP contribution in [-0.2, 0) is 9.59 Å². The van der Waals surface area contributed by atoms with Crippen LogP contribution in [0, 0.1) is 5.92 Å². The fourth-order valence-corrected chi connectivity index (χ4v) is 1.17. The van der Waals surface area contributed by atoms with Gasteiger partial charge in [0.25, 0.3) is 0 Å². The van der Waals surface area contributed by atoms with Crippen molar-refractivity contribution in [1.29, 1.82) is 0 Å². The molecule has 0 unspecified atom stereocenters. The highest BCUT2D eigenvalue weighted by atomic mass is 16.2. The first-order valence-electron chi connectivity index (χ1n) is 5.21. The van der Waals surface area contributed by atoms with E-state index in [1.807, 2.05) is 13.8 Å². The summed E-state index contributed by atoms with van der Waals surface area (Å²) in [5, 5.41) is 5.11. The topological polar surface area (TPSA) is 84.2 Å². The van der Waals surface area contributed by atoms with Gasteiger partial charge in [-0.25, -0.2) is 0 Å². The van der Waals surface area contributed by atoms with Gasteiger partial charge in [0, 0.05) is 20.0 Å². The van der Waals surface area contributed by atoms with E-state index in [0.717, 1.165) is 0 Å². The number of amides is 2. The normalized spacial score (nSPS) is 12.3. The van der Waals surface area contributed by atoms with Gasteiger partial charge in [0.1, 0.15) is 0 Å². The van der Waals surface area contributed by atoms with E-state index >= 15 is 0 Å². The maximum atomic E-state index is 11.4. The van der Waals surface area contributed by atoms with Gasteiger partial charge >= 0.3 is 0 Å². The van der Waals surface area contributed by atoms with E-state index in [1.54, 1.807) is 7.05 Å². The molecular weight excluding hydrogens is 194 g/mol. The third-order valence-corrected chi connectivity index (χ3v) is 1.99. The summed E-state index contributed by atoms with van der Waals surface area (Å²) in [6, 6.07) is -0.477. The van der Waals surface area contributed by atoms with E-state index in [1.165, 1.54) is 0 Å². The number of nitrogens with one attached hydrogen (secondary N) is 2. The zero-order valence-electron chi connectivity index (χ0n) is 9.67. The maximum absolute atomic E-state index is 11.4. The molecular formula is C10H21N3O2. The molecule has 2 amide bonds. The summed E-state index contributed by atoms with van der Waals surface area (Å²) in [7, 11) is 1.56. The molecule has 0 rings (SSSR count). The van der Waals surface area contributed by atoms with E-state index in [2.05, 4.69) is 10.6 Å². The van der Waals surface area contributed by atoms with Crippen LogP contribution in [0.3, 0.4) is 0 Å². The van der Waals surface area contributed by atoms with Gasteiger partial charge in [0.2, 0.25) is 11.8 Å². The summed E-state index contributed by atoms with van der Waals surface area (Å²) < 4.78 is 0. The van der Waals surface area contributed by atoms with Crippen LogP contribution in [0.15, 0.2) is 0 Å². The first kappa shape index (κ1) is 13.9. The number of hydrogen-bond donors (Lipinski definition) is 3. The fourth-order valence-electron chi connectivity index (χ4n) is 1.17. The molecule has 0 radical (unpaired) electrons. The number of nitrogens with two attached hydrogens (primary N) is 1. The van der Waals surface area contributed by atoms with Crippen molar-refractivity contribution in [3.05, 3.63) is 0 Å². The molecule has 0 heterocycles. The third-order valence-electron chi connectivity index (χ3n) is 1.99. The first-order valence-corrected chi connectivity index (χ1v) is 5.21. The second-order valence-electron chi connectivity index (χ2n) is 3.95. The summed E-state index contributed by atoms with van der Waals surface area (Å²) in [5.74, 6) is 0.116. The Kier molecular flexibility index (Phi) is 6.70. The minimum absolute atomic E-state index is 0.0901. The van der Waals surface area contributed by atoms with Crippen LogP contribution in [0.4, 0.5) is 0 Å². The Bertz CT molecular complexity index is 217. The van der Waals surface area contributed by atoms with Crippen molar-refractivity contribution in [3.8, 4) is 0 Å². The Hall–Kier alpha value is -1.10. The van der Waals surface area contributed by atoms with Crippen molar-refractivity contribution in [2.45, 2.75) is 32.7 Å². The van der Waals surface area contributed by atoms with Gasteiger partial charge in [0.15, 0.2) is 0 Å². The van der Waals surface area contributed by atoms with Gasteiger partial charge in [-0.3, -0.25) is 9.59 Å². The summed E-state index contributed by atoms with van der Waals surface area (Å²) in [4.78, 5) is 22.2. The van der Waals surface area contributed by atoms with Gasteiger partial charge in [-0.05, 0) is 12.3 Å². The summed E-state index contributed by atoms with van der Waals surface area (Å²) in [6.45, 7) is 4.36. The standard InChI is InChI=1S/C10H21N3O2/c1-7(2)6-8(11)10(15)13-5-4-9(14)12-3/h7-8H,4-6,11H2,1-3H3,(H,12,14)(H,13,15)/t8-/m0/s1. The first-order chi connectivity index (χ1) is 6.97. The lowest BCUT2D eigenvalue weighted by atomic mass is 10.0. The lowest BCUT2D eigenvalue weighted by Crippen LogP contribution is -2.42. The zero-order valence-corrected chi connectivity index (χ0v) is 9.67. The molecule has 0 saturated heterocycles. The average Bonchev–Trinajstić information content (AvgIpc) is 2.16. The van der Waals surface area contributed by atoms with Crippen LogP contribution in [0.25, 0.3) is 0 Å². The second-order valence-corrected chi connectivity index (χ2v) is 3.95. The molecule has 0 aromatic carbocycles. The molecule has 5 nitrogen and oxygen atoms in total. The van der Waals surface area contributed by atoms with E-state index in [9.17, 15) is 9.59 Å². The van der Waals surface area contributed by atoms with Gasteiger partial charge in [-0.2, -0.15) is 0 Å². The Morgan fingerprint density at radius 3 is 2.40 bits per heavy atom. The predicted octanol–water partition coefficient (Wildman–Crippen LogP) is -0.388.